The molecule has 41 heteroatoms. The Balaban J connectivity index is 1.12. The fraction of sp³-hybridized carbons (Fsp3) is 0.500. The normalized spacial score (nSPS) is 23.8. The molecule has 14 amide bonds. The average molecular weight is 1700 g/mol. The van der Waals surface area contributed by atoms with E-state index in [2.05, 4.69) is 57.8 Å². The topological polar surface area (TPSA) is 579 Å². The van der Waals surface area contributed by atoms with Crippen LogP contribution in [0.3, 0.4) is 0 Å². The Hall–Kier alpha value is -12.7. The Bertz CT molecular complexity index is 4630. The van der Waals surface area contributed by atoms with E-state index < -0.39 is 231 Å². The maximum absolute atomic E-state index is 15.1. The lowest BCUT2D eigenvalue weighted by Crippen LogP contribution is -2.61. The number of ether oxygens (including phenoxy) is 1. The van der Waals surface area contributed by atoms with Gasteiger partial charge in [0.05, 0.1) is 38.8 Å². The van der Waals surface area contributed by atoms with Crippen molar-refractivity contribution < 1.29 is 111 Å². The van der Waals surface area contributed by atoms with Gasteiger partial charge in [-0.25, -0.2) is 0 Å². The van der Waals surface area contributed by atoms with E-state index in [1.165, 1.54) is 28.3 Å². The largest absolute Gasteiger partial charge is 0.497 e. The number of thioether (sulfide) groups is 1. The Labute approximate surface area is 699 Å². The van der Waals surface area contributed by atoms with Crippen molar-refractivity contribution >= 4 is 140 Å². The molecule has 0 spiro atoms. The summed E-state index contributed by atoms with van der Waals surface area (Å²) in [6.45, 7) is -0.926. The molecule has 0 aliphatic carbocycles. The summed E-state index contributed by atoms with van der Waals surface area (Å²) in [5.74, 6) is -19.3. The number of benzene rings is 3. The van der Waals surface area contributed by atoms with Crippen molar-refractivity contribution in [2.24, 2.45) is 5.73 Å². The number of unbranched alkanes of at least 4 members (excludes halogenated alkanes) is 1. The Morgan fingerprint density at radius 2 is 0.959 bits per heavy atom. The lowest BCUT2D eigenvalue weighted by atomic mass is 10.0. The summed E-state index contributed by atoms with van der Waals surface area (Å²) in [7, 11) is 5.15. The number of carbonyl (C=O) groups excluding carboxylic acids is 14. The molecular formula is C80H105N17O23S. The second kappa shape index (κ2) is 44.9. The number of hydrogen-bond donors (Lipinski definition) is 16. The first-order chi connectivity index (χ1) is 57.7. The lowest BCUT2D eigenvalue weighted by Gasteiger charge is -2.32. The standard InChI is InChI=1S/C80H105N17O23S/c1-6-7-18-60-74(113)87-52(25-27-66(101)102)70(109)82-29-32-121-43-64(99)86-56(33-44-21-23-47(120-5)24-22-44)77(116)93(2)41-63(98)85-58(37-69(107)108)80(119)97-31-13-20-62(97)76(115)92-59(38-81)73(112)88-53(26-28-67(103)104)79(118)96-30-12-19-61(96)75(114)90-54(34-45-39-83-50-16-10-8-14-48(45)50)71(110)89-55(36-68(105)106)72(111)91-57(78(117)94(3)42-65(100)95(60)4)35-46-40-84-51-17-11-9-15-49(46)51/h8-11,14-17,21-24,39-40,52-62,83-84H,6-7,12-13,18-20,25-38,41-43,81H2,1-5H3,(H,82,109)(H,85,98)(H,86,99)(H,87,113)(H,88,112)(H,89,110)(H,90,114)(H,91,111)(H,92,115)(H,101,102)(H,103,104)(H,105,106)(H,107,108)/t52-,53-,54-,55-,56-,57-,58-,59-,60-,61?,62?/m0/s1. The predicted octanol–water partition coefficient (Wildman–Crippen LogP) is -2.02. The number of H-pyrrole nitrogens is 2. The van der Waals surface area contributed by atoms with Crippen molar-refractivity contribution in [2.75, 3.05) is 79.0 Å². The summed E-state index contributed by atoms with van der Waals surface area (Å²) in [4.78, 5) is 264. The highest BCUT2D eigenvalue weighted by Gasteiger charge is 2.44. The molecule has 11 atom stereocenters. The summed E-state index contributed by atoms with van der Waals surface area (Å²) >= 11 is 0.995. The van der Waals surface area contributed by atoms with Crippen LogP contribution >= 0.6 is 11.8 Å². The maximum Gasteiger partial charge on any atom is 0.305 e. The van der Waals surface area contributed by atoms with Gasteiger partial charge in [0.15, 0.2) is 0 Å². The number of likely N-dealkylation sites (N-methyl/N-ethyl adjacent to an activating group) is 3. The fourth-order valence-corrected chi connectivity index (χ4v) is 15.3. The van der Waals surface area contributed by atoms with Crippen LogP contribution in [0.15, 0.2) is 85.2 Å². The summed E-state index contributed by atoms with van der Waals surface area (Å²) in [6, 6.07) is 2.45. The molecule has 2 aromatic heterocycles. The molecule has 2 unspecified atom stereocenters. The van der Waals surface area contributed by atoms with Gasteiger partial charge >= 0.3 is 23.9 Å². The van der Waals surface area contributed by atoms with Crippen molar-refractivity contribution in [1.82, 2.24) is 82.3 Å². The number of aliphatic carboxylic acids is 4. The number of hydrogen-bond acceptors (Lipinski definition) is 21. The number of carbonyl (C=O) groups is 18. The van der Waals surface area contributed by atoms with Gasteiger partial charge < -0.3 is 113 Å². The number of methoxy groups -OCH3 is 1. The van der Waals surface area contributed by atoms with Gasteiger partial charge in [-0.1, -0.05) is 68.3 Å². The van der Waals surface area contributed by atoms with Crippen LogP contribution in [0.1, 0.15) is 107 Å². The third kappa shape index (κ3) is 26.7. The molecule has 3 aliphatic heterocycles. The quantitative estimate of drug-likeness (QED) is 0.0377. The number of rotatable bonds is 21. The molecule has 0 radical (unpaired) electrons. The van der Waals surface area contributed by atoms with Crippen LogP contribution in [0.4, 0.5) is 0 Å². The predicted molar refractivity (Wildman–Crippen MR) is 435 cm³/mol. The zero-order valence-corrected chi connectivity index (χ0v) is 68.5. The number of nitrogens with one attached hydrogen (secondary N) is 11. The molecular weight excluding hydrogens is 1600 g/mol. The van der Waals surface area contributed by atoms with Crippen molar-refractivity contribution in [2.45, 2.75) is 176 Å². The summed E-state index contributed by atoms with van der Waals surface area (Å²) in [6.07, 6.45) is -1.23. The second-order valence-corrected chi connectivity index (χ2v) is 31.0. The highest BCUT2D eigenvalue weighted by Crippen LogP contribution is 2.26. The van der Waals surface area contributed by atoms with Crippen LogP contribution in [-0.4, -0.2) is 307 Å². The monoisotopic (exact) mass is 1700 g/mol. The number of nitrogens with two attached hydrogens (primary N) is 1. The van der Waals surface area contributed by atoms with Gasteiger partial charge in [0.2, 0.25) is 82.7 Å². The van der Waals surface area contributed by atoms with Crippen LogP contribution in [0.2, 0.25) is 0 Å². The van der Waals surface area contributed by atoms with Crippen LogP contribution in [0.25, 0.3) is 21.8 Å². The number of para-hydroxylation sites is 2. The first-order valence-corrected chi connectivity index (χ1v) is 40.8. The molecule has 3 aliphatic rings. The smallest absolute Gasteiger partial charge is 0.305 e. The van der Waals surface area contributed by atoms with Gasteiger partial charge in [0.1, 0.15) is 72.2 Å². The Morgan fingerprint density at radius 3 is 1.51 bits per heavy atom. The molecule has 654 valence electrons. The van der Waals surface area contributed by atoms with Gasteiger partial charge in [-0.2, -0.15) is 11.8 Å². The van der Waals surface area contributed by atoms with E-state index in [1.54, 1.807) is 85.2 Å². The molecule has 3 aromatic carbocycles. The van der Waals surface area contributed by atoms with Gasteiger partial charge in [-0.15, -0.1) is 0 Å². The number of amides is 14. The molecule has 3 saturated heterocycles. The summed E-state index contributed by atoms with van der Waals surface area (Å²) in [5.41, 5.74) is 8.70. The lowest BCUT2D eigenvalue weighted by molar-refractivity contribution is -0.146. The minimum absolute atomic E-state index is 0.000645. The van der Waals surface area contributed by atoms with E-state index >= 15 is 9.59 Å². The van der Waals surface area contributed by atoms with Crippen LogP contribution in [0, 0.1) is 0 Å². The number of carboxylic acids is 4. The molecule has 5 heterocycles. The van der Waals surface area contributed by atoms with Gasteiger partial charge in [0.25, 0.3) is 0 Å². The third-order valence-electron chi connectivity index (χ3n) is 21.1. The maximum atomic E-state index is 15.1. The third-order valence-corrected chi connectivity index (χ3v) is 22.0. The molecule has 3 fully saturated rings. The van der Waals surface area contributed by atoms with Crippen LogP contribution in [-0.2, 0) is 106 Å². The molecule has 121 heavy (non-hydrogen) atoms. The highest BCUT2D eigenvalue weighted by molar-refractivity contribution is 7.99. The molecule has 0 saturated carbocycles. The molecule has 5 aromatic rings. The molecule has 0 bridgehead atoms. The number of fused-ring (bicyclic) bond motifs is 4. The zero-order valence-electron chi connectivity index (χ0n) is 67.7. The number of nitrogens with zero attached hydrogens (tertiary/aromatic N) is 5. The summed E-state index contributed by atoms with van der Waals surface area (Å²) in [5, 5.41) is 64.1. The number of aromatic amines is 2. The van der Waals surface area contributed by atoms with Gasteiger partial charge in [-0.3, -0.25) is 86.3 Å². The van der Waals surface area contributed by atoms with Crippen molar-refractivity contribution in [3.05, 3.63) is 102 Å². The van der Waals surface area contributed by atoms with E-state index in [1.807, 2.05) is 6.92 Å². The minimum Gasteiger partial charge on any atom is -0.497 e. The van der Waals surface area contributed by atoms with Crippen LogP contribution in [0.5, 0.6) is 5.75 Å². The van der Waals surface area contributed by atoms with E-state index in [0.717, 1.165) is 36.3 Å². The van der Waals surface area contributed by atoms with E-state index in [-0.39, 0.29) is 82.5 Å². The number of aromatic nitrogens is 2. The van der Waals surface area contributed by atoms with Crippen molar-refractivity contribution in [3.8, 4) is 5.75 Å². The Morgan fingerprint density at radius 1 is 0.488 bits per heavy atom. The average Bonchev–Trinajstić information content (AvgIpc) is 1.72. The highest BCUT2D eigenvalue weighted by atomic mass is 32.2. The van der Waals surface area contributed by atoms with Gasteiger partial charge in [0, 0.05) is 119 Å². The SMILES string of the molecule is CCCC[C@H]1C(=O)N[C@@H](CCC(=O)O)C(=O)NCCSCC(=O)N[C@@H](Cc2ccc(OC)cc2)C(=O)N(C)CC(=O)N[C@@H](CC(=O)O)C(=O)N2CCCC2C(=O)N[C@@H](CN)C(=O)N[C@@H](CCC(=O)O)C(=O)N2CCCC2C(=O)N[C@@H](Cc2c[nH]c3ccccc23)C(=O)N[C@@H](CC(=O)O)C(=O)N[C@@H](Cc2c[nH]c3ccccc23)C(=O)N(C)CC(=O)N1C. The first-order valence-electron chi connectivity index (χ1n) is 39.6. The van der Waals surface area contributed by atoms with E-state index in [0.29, 0.717) is 57.1 Å². The fourth-order valence-electron chi connectivity index (χ4n) is 14.6. The molecule has 8 rings (SSSR count). The van der Waals surface area contributed by atoms with E-state index in [4.69, 9.17) is 10.5 Å². The van der Waals surface area contributed by atoms with E-state index in [9.17, 15) is 97.1 Å². The summed E-state index contributed by atoms with van der Waals surface area (Å²) < 4.78 is 5.28. The molecule has 40 nitrogen and oxygen atoms in total. The van der Waals surface area contributed by atoms with Gasteiger partial charge in [-0.05, 0) is 85.9 Å². The van der Waals surface area contributed by atoms with Crippen LogP contribution < -0.4 is 58.3 Å². The van der Waals surface area contributed by atoms with Crippen molar-refractivity contribution in [3.63, 3.8) is 0 Å². The molecule has 17 N–H and O–H groups in total. The first kappa shape index (κ1) is 93.8. The second-order valence-electron chi connectivity index (χ2n) is 29.9. The Kier molecular flexibility index (Phi) is 34.8. The van der Waals surface area contributed by atoms with Crippen molar-refractivity contribution in [1.29, 1.82) is 0 Å². The number of carboxylic acid groups (broad SMARTS) is 4. The zero-order chi connectivity index (χ0) is 88.3. The minimum atomic E-state index is -2.02.